The van der Waals surface area contributed by atoms with E-state index in [-0.39, 0.29) is 0 Å². The Morgan fingerprint density at radius 1 is 1.33 bits per heavy atom. The number of hydrogen-bond donors (Lipinski definition) is 3. The smallest absolute Gasteiger partial charge is 0.326 e. The van der Waals surface area contributed by atoms with Crippen LogP contribution in [0.3, 0.4) is 0 Å². The van der Waals surface area contributed by atoms with E-state index in [4.69, 9.17) is 9.84 Å². The third-order valence-corrected chi connectivity index (χ3v) is 2.36. The first-order valence-corrected chi connectivity index (χ1v) is 5.51. The minimum atomic E-state index is -1.05. The summed E-state index contributed by atoms with van der Waals surface area (Å²) in [5.41, 5.74) is 0.563. The molecule has 2 amide bonds. The van der Waals surface area contributed by atoms with E-state index in [0.29, 0.717) is 17.9 Å². The molecule has 1 aromatic carbocycles. The highest BCUT2D eigenvalue weighted by atomic mass is 16.5. The molecule has 0 aliphatic heterocycles. The van der Waals surface area contributed by atoms with Crippen molar-refractivity contribution in [2.45, 2.75) is 19.4 Å². The van der Waals surface area contributed by atoms with Crippen molar-refractivity contribution >= 4 is 17.7 Å². The van der Waals surface area contributed by atoms with Gasteiger partial charge in [0.2, 0.25) is 0 Å². The molecule has 18 heavy (non-hydrogen) atoms. The topological polar surface area (TPSA) is 87.7 Å². The van der Waals surface area contributed by atoms with Crippen molar-refractivity contribution in [2.75, 3.05) is 12.4 Å². The Balaban J connectivity index is 2.55. The third-order valence-electron chi connectivity index (χ3n) is 2.36. The Bertz CT molecular complexity index is 417. The van der Waals surface area contributed by atoms with Gasteiger partial charge in [-0.15, -0.1) is 0 Å². The number of hydrogen-bond acceptors (Lipinski definition) is 3. The van der Waals surface area contributed by atoms with Crippen molar-refractivity contribution in [3.63, 3.8) is 0 Å². The number of rotatable bonds is 5. The number of amides is 2. The van der Waals surface area contributed by atoms with Gasteiger partial charge in [-0.25, -0.2) is 9.59 Å². The first-order chi connectivity index (χ1) is 8.56. The lowest BCUT2D eigenvalue weighted by Crippen LogP contribution is -2.42. The number of benzene rings is 1. The summed E-state index contributed by atoms with van der Waals surface area (Å²) in [5, 5.41) is 13.7. The van der Waals surface area contributed by atoms with Crippen LogP contribution in [0.2, 0.25) is 0 Å². The van der Waals surface area contributed by atoms with Crippen LogP contribution < -0.4 is 15.4 Å². The van der Waals surface area contributed by atoms with Crippen LogP contribution in [0.1, 0.15) is 13.3 Å². The molecule has 0 saturated heterocycles. The van der Waals surface area contributed by atoms with Gasteiger partial charge in [-0.05, 0) is 30.7 Å². The summed E-state index contributed by atoms with van der Waals surface area (Å²) in [6.45, 7) is 1.69. The molecule has 0 spiro atoms. The Morgan fingerprint density at radius 2 is 1.94 bits per heavy atom. The predicted octanol–water partition coefficient (Wildman–Crippen LogP) is 1.68. The second-order valence-corrected chi connectivity index (χ2v) is 3.63. The van der Waals surface area contributed by atoms with Crippen molar-refractivity contribution in [3.05, 3.63) is 24.3 Å². The summed E-state index contributed by atoms with van der Waals surface area (Å²) in [6.07, 6.45) is 0.325. The van der Waals surface area contributed by atoms with E-state index in [2.05, 4.69) is 10.6 Å². The van der Waals surface area contributed by atoms with Crippen LogP contribution in [-0.4, -0.2) is 30.3 Å². The van der Waals surface area contributed by atoms with E-state index >= 15 is 0 Å². The highest BCUT2D eigenvalue weighted by molar-refractivity contribution is 5.92. The van der Waals surface area contributed by atoms with Crippen LogP contribution >= 0.6 is 0 Å². The Labute approximate surface area is 105 Å². The molecule has 0 heterocycles. The van der Waals surface area contributed by atoms with Crippen molar-refractivity contribution in [3.8, 4) is 5.75 Å². The molecule has 0 aromatic heterocycles. The van der Waals surface area contributed by atoms with Crippen LogP contribution in [0.4, 0.5) is 10.5 Å². The van der Waals surface area contributed by atoms with Gasteiger partial charge in [0.1, 0.15) is 11.8 Å². The van der Waals surface area contributed by atoms with Crippen LogP contribution in [0.15, 0.2) is 24.3 Å². The fourth-order valence-electron chi connectivity index (χ4n) is 1.34. The van der Waals surface area contributed by atoms with Gasteiger partial charge in [-0.3, -0.25) is 0 Å². The number of anilines is 1. The molecular formula is C12H16N2O4. The van der Waals surface area contributed by atoms with Crippen LogP contribution in [0.25, 0.3) is 0 Å². The summed E-state index contributed by atoms with van der Waals surface area (Å²) in [7, 11) is 1.55. The number of carbonyl (C=O) groups excluding carboxylic acids is 1. The fourth-order valence-corrected chi connectivity index (χ4v) is 1.34. The van der Waals surface area contributed by atoms with E-state index in [9.17, 15) is 9.59 Å². The monoisotopic (exact) mass is 252 g/mol. The molecule has 1 atom stereocenters. The molecule has 3 N–H and O–H groups in total. The number of methoxy groups -OCH3 is 1. The summed E-state index contributed by atoms with van der Waals surface area (Å²) in [5.74, 6) is -0.375. The Hall–Kier alpha value is -2.24. The number of carboxylic acid groups (broad SMARTS) is 1. The number of carboxylic acids is 1. The van der Waals surface area contributed by atoms with E-state index < -0.39 is 18.0 Å². The quantitative estimate of drug-likeness (QED) is 0.744. The van der Waals surface area contributed by atoms with E-state index in [1.54, 1.807) is 38.3 Å². The average Bonchev–Trinajstić information content (AvgIpc) is 2.36. The molecular weight excluding hydrogens is 236 g/mol. The Morgan fingerprint density at radius 3 is 2.39 bits per heavy atom. The number of nitrogens with one attached hydrogen (secondary N) is 2. The minimum Gasteiger partial charge on any atom is -0.497 e. The third kappa shape index (κ3) is 3.97. The van der Waals surface area contributed by atoms with Crippen LogP contribution in [0, 0.1) is 0 Å². The van der Waals surface area contributed by atoms with Crippen LogP contribution in [0.5, 0.6) is 5.75 Å². The second kappa shape index (κ2) is 6.48. The van der Waals surface area contributed by atoms with Gasteiger partial charge in [0.05, 0.1) is 7.11 Å². The zero-order valence-corrected chi connectivity index (χ0v) is 10.3. The minimum absolute atomic E-state index is 0.325. The van der Waals surface area contributed by atoms with Crippen molar-refractivity contribution in [1.29, 1.82) is 0 Å². The molecule has 1 rings (SSSR count). The molecule has 0 bridgehead atoms. The van der Waals surface area contributed by atoms with E-state index in [1.807, 2.05) is 0 Å². The molecule has 6 nitrogen and oxygen atoms in total. The number of aliphatic carboxylic acids is 1. The fraction of sp³-hybridized carbons (Fsp3) is 0.333. The zero-order valence-electron chi connectivity index (χ0n) is 10.3. The normalized spacial score (nSPS) is 11.4. The van der Waals surface area contributed by atoms with Gasteiger partial charge < -0.3 is 20.5 Å². The largest absolute Gasteiger partial charge is 0.497 e. The lowest BCUT2D eigenvalue weighted by molar-refractivity contribution is -0.139. The average molecular weight is 252 g/mol. The summed E-state index contributed by atoms with van der Waals surface area (Å²) >= 11 is 0. The Kier molecular flexibility index (Phi) is 4.98. The lowest BCUT2D eigenvalue weighted by Gasteiger charge is -2.13. The van der Waals surface area contributed by atoms with Crippen molar-refractivity contribution in [2.24, 2.45) is 0 Å². The highest BCUT2D eigenvalue weighted by Gasteiger charge is 2.17. The summed E-state index contributed by atoms with van der Waals surface area (Å²) < 4.78 is 4.98. The second-order valence-electron chi connectivity index (χ2n) is 3.63. The van der Waals surface area contributed by atoms with E-state index in [1.165, 1.54) is 0 Å². The molecule has 6 heteroatoms. The van der Waals surface area contributed by atoms with Gasteiger partial charge in [0, 0.05) is 5.69 Å². The number of carbonyl (C=O) groups is 2. The zero-order chi connectivity index (χ0) is 13.5. The molecule has 0 fully saturated rings. The molecule has 1 aromatic rings. The van der Waals surface area contributed by atoms with Crippen molar-refractivity contribution in [1.82, 2.24) is 5.32 Å². The van der Waals surface area contributed by atoms with Gasteiger partial charge in [-0.1, -0.05) is 6.92 Å². The van der Waals surface area contributed by atoms with Gasteiger partial charge in [0.15, 0.2) is 0 Å². The maximum Gasteiger partial charge on any atom is 0.326 e. The summed E-state index contributed by atoms with van der Waals surface area (Å²) in [6, 6.07) is 5.30. The van der Waals surface area contributed by atoms with Gasteiger partial charge >= 0.3 is 12.0 Å². The number of urea groups is 1. The standard InChI is InChI=1S/C12H16N2O4/c1-3-10(11(15)16)14-12(17)13-8-4-6-9(18-2)7-5-8/h4-7,10H,3H2,1-2H3,(H,15,16)(H2,13,14,17)/t10-/m1/s1. The molecule has 0 unspecified atom stereocenters. The molecule has 0 aliphatic carbocycles. The molecule has 0 aliphatic rings. The highest BCUT2D eigenvalue weighted by Crippen LogP contribution is 2.14. The maximum atomic E-state index is 11.5. The van der Waals surface area contributed by atoms with Gasteiger partial charge in [-0.2, -0.15) is 0 Å². The first-order valence-electron chi connectivity index (χ1n) is 5.51. The van der Waals surface area contributed by atoms with Gasteiger partial charge in [0.25, 0.3) is 0 Å². The van der Waals surface area contributed by atoms with E-state index in [0.717, 1.165) is 0 Å². The van der Waals surface area contributed by atoms with Crippen LogP contribution in [-0.2, 0) is 4.79 Å². The SMILES string of the molecule is CC[C@@H](NC(=O)Nc1ccc(OC)cc1)C(=O)O. The lowest BCUT2D eigenvalue weighted by atomic mass is 10.2. The molecule has 0 radical (unpaired) electrons. The predicted molar refractivity (Wildman–Crippen MR) is 66.9 cm³/mol. The molecule has 98 valence electrons. The molecule has 0 saturated carbocycles. The maximum absolute atomic E-state index is 11.5. The summed E-state index contributed by atoms with van der Waals surface area (Å²) in [4.78, 5) is 22.3. The first kappa shape index (κ1) is 13.8. The number of ether oxygens (including phenoxy) is 1. The van der Waals surface area contributed by atoms with Crippen molar-refractivity contribution < 1.29 is 19.4 Å².